The van der Waals surface area contributed by atoms with Crippen molar-refractivity contribution < 1.29 is 47.8 Å². The lowest BCUT2D eigenvalue weighted by molar-refractivity contribution is -0.594. The molecule has 2 amide bonds. The molecule has 11 rings (SSSR count). The number of ether oxygens (including phenoxy) is 3. The number of thiazole rings is 1. The number of anilines is 1. The Bertz CT molecular complexity index is 3640. The van der Waals surface area contributed by atoms with E-state index in [4.69, 9.17) is 40.2 Å². The van der Waals surface area contributed by atoms with Gasteiger partial charge in [0.2, 0.25) is 17.6 Å². The molecule has 1 fully saturated rings. The third-order valence-electron chi connectivity index (χ3n) is 13.7. The predicted molar refractivity (Wildman–Crippen MR) is 310 cm³/mol. The van der Waals surface area contributed by atoms with E-state index in [1.165, 1.54) is 41.4 Å². The van der Waals surface area contributed by atoms with Gasteiger partial charge in [0.25, 0.3) is 11.8 Å². The van der Waals surface area contributed by atoms with Crippen LogP contribution in [-0.2, 0) is 38.0 Å². The largest absolute Gasteiger partial charge is 0.618 e. The SMILES string of the molecule is COc1ccc(COc2c[n+]([O-])c(-c3cc(CO/N=C(\C(=O)N[C@@H]4C(=O)N5C(C(=O)O)=C(CCl)CS[C@H]45)c4csc(NC(c5ccccc5)(c5ccccc5)c5ccccc5)n4)on3)cc2OC(c2ccccc2)c2ccccc2)cc1. The fourth-order valence-electron chi connectivity index (χ4n) is 9.72. The van der Waals surface area contributed by atoms with Crippen LogP contribution in [0, 0.1) is 5.21 Å². The third kappa shape index (κ3) is 11.3. The van der Waals surface area contributed by atoms with Gasteiger partial charge < -0.3 is 44.5 Å². The number of carbonyl (C=O) groups excluding carboxylic acids is 2. The van der Waals surface area contributed by atoms with E-state index >= 15 is 0 Å². The number of β-lactam (4-membered cyclic amide) rings is 1. The minimum absolute atomic E-state index is 0.0594. The van der Waals surface area contributed by atoms with E-state index in [-0.39, 0.29) is 70.6 Å². The number of pyridine rings is 1. The van der Waals surface area contributed by atoms with E-state index in [1.807, 2.05) is 176 Å². The number of alkyl halides is 1. The number of oxime groups is 1. The van der Waals surface area contributed by atoms with Crippen LogP contribution in [0.25, 0.3) is 11.4 Å². The quantitative estimate of drug-likeness (QED) is 0.0110. The summed E-state index contributed by atoms with van der Waals surface area (Å²) in [5.41, 5.74) is 4.49. The molecule has 0 spiro atoms. The lowest BCUT2D eigenvalue weighted by Crippen LogP contribution is -2.71. The number of carboxylic acid groups (broad SMARTS) is 1. The normalized spacial score (nSPS) is 15.1. The van der Waals surface area contributed by atoms with Gasteiger partial charge in [0.1, 0.15) is 46.8 Å². The van der Waals surface area contributed by atoms with Gasteiger partial charge in [0.15, 0.2) is 34.7 Å². The number of hydrogen-bond donors (Lipinski definition) is 3. The summed E-state index contributed by atoms with van der Waals surface area (Å²) < 4.78 is 24.8. The van der Waals surface area contributed by atoms with Gasteiger partial charge in [-0.25, -0.2) is 9.78 Å². The molecule has 1 saturated heterocycles. The summed E-state index contributed by atoms with van der Waals surface area (Å²) in [5, 5.41) is 40.4. The molecule has 2 atom stereocenters. The van der Waals surface area contributed by atoms with E-state index < -0.39 is 40.8 Å². The zero-order chi connectivity index (χ0) is 56.6. The molecule has 3 N–H and O–H groups in total. The first-order valence-corrected chi connectivity index (χ1v) is 28.2. The van der Waals surface area contributed by atoms with Crippen LogP contribution in [0.5, 0.6) is 17.2 Å². The van der Waals surface area contributed by atoms with Crippen LogP contribution in [0.15, 0.2) is 221 Å². The van der Waals surface area contributed by atoms with E-state index in [9.17, 15) is 24.7 Å². The van der Waals surface area contributed by atoms with Gasteiger partial charge in [-0.2, -0.15) is 4.73 Å². The number of carbonyl (C=O) groups is 3. The van der Waals surface area contributed by atoms with E-state index in [0.717, 1.165) is 38.3 Å². The monoisotopic (exact) mass is 1150 g/mol. The highest BCUT2D eigenvalue weighted by atomic mass is 35.5. The Kier molecular flexibility index (Phi) is 16.3. The number of benzene rings is 6. The maximum atomic E-state index is 14.6. The van der Waals surface area contributed by atoms with Crippen molar-refractivity contribution in [2.24, 2.45) is 5.16 Å². The molecule has 0 radical (unpaired) electrons. The van der Waals surface area contributed by atoms with Crippen LogP contribution < -0.4 is 29.6 Å². The lowest BCUT2D eigenvalue weighted by atomic mass is 9.77. The molecule has 0 aliphatic carbocycles. The fraction of sp³-hybridized carbons (Fsp3) is 0.145. The van der Waals surface area contributed by atoms with Crippen molar-refractivity contribution in [2.45, 2.75) is 36.3 Å². The minimum atomic E-state index is -1.30. The zero-order valence-corrected chi connectivity index (χ0v) is 46.1. The molecular formula is C62H50ClN7O10S2. The highest BCUT2D eigenvalue weighted by Gasteiger charge is 2.54. The average molecular weight is 1150 g/mol. The summed E-state index contributed by atoms with van der Waals surface area (Å²) in [5.74, 6) is -1.36. The molecule has 412 valence electrons. The molecule has 0 unspecified atom stereocenters. The van der Waals surface area contributed by atoms with Gasteiger partial charge in [0, 0.05) is 23.1 Å². The second kappa shape index (κ2) is 24.5. The van der Waals surface area contributed by atoms with Gasteiger partial charge in [-0.1, -0.05) is 174 Å². The molecular weight excluding hydrogens is 1100 g/mol. The van der Waals surface area contributed by atoms with Crippen molar-refractivity contribution in [1.29, 1.82) is 0 Å². The summed E-state index contributed by atoms with van der Waals surface area (Å²) in [6.45, 7) is -0.273. The van der Waals surface area contributed by atoms with Crippen molar-refractivity contribution in [1.82, 2.24) is 20.4 Å². The number of methoxy groups -OCH3 is 1. The van der Waals surface area contributed by atoms with E-state index in [0.29, 0.717) is 21.2 Å². The van der Waals surface area contributed by atoms with Crippen molar-refractivity contribution in [2.75, 3.05) is 24.1 Å². The molecule has 6 aromatic carbocycles. The summed E-state index contributed by atoms with van der Waals surface area (Å²) in [6, 6.07) is 58.4. The van der Waals surface area contributed by atoms with Crippen LogP contribution in [-0.4, -0.2) is 73.8 Å². The maximum Gasteiger partial charge on any atom is 0.352 e. The van der Waals surface area contributed by atoms with Crippen molar-refractivity contribution >= 4 is 63.3 Å². The van der Waals surface area contributed by atoms with Crippen LogP contribution in [0.2, 0.25) is 0 Å². The number of aliphatic carboxylic acids is 1. The number of fused-ring (bicyclic) bond motifs is 1. The van der Waals surface area contributed by atoms with Crippen molar-refractivity contribution in [3.63, 3.8) is 0 Å². The van der Waals surface area contributed by atoms with E-state index in [1.54, 1.807) is 12.5 Å². The molecule has 17 nitrogen and oxygen atoms in total. The predicted octanol–water partition coefficient (Wildman–Crippen LogP) is 10.5. The second-order valence-electron chi connectivity index (χ2n) is 18.8. The Morgan fingerprint density at radius 3 is 2.01 bits per heavy atom. The van der Waals surface area contributed by atoms with Crippen LogP contribution in [0.3, 0.4) is 0 Å². The number of halogens is 1. The molecule has 2 aliphatic rings. The molecule has 82 heavy (non-hydrogen) atoms. The number of thioether (sulfide) groups is 1. The molecule has 0 bridgehead atoms. The lowest BCUT2D eigenvalue weighted by Gasteiger charge is -2.49. The molecule has 0 saturated carbocycles. The van der Waals surface area contributed by atoms with Gasteiger partial charge >= 0.3 is 5.97 Å². The van der Waals surface area contributed by atoms with Crippen LogP contribution in [0.1, 0.15) is 50.9 Å². The standard InChI is InChI=1S/C62H50ClN7O10S2/c1-76-46-29-27-39(28-30-46)35-77-52-34-69(75)50(32-51(52)79-56(40-17-7-2-8-18-40)41-19-9-3-10-20-41)48-31-47(80-67-48)36-78-68-53(57(71)65-54-58(72)70-55(60(73)74)42(33-63)37-81-59(54)70)49-38-82-61(64-49)66-62(43-21-11-4-12-22-43,44-23-13-5-14-24-44)45-25-15-6-16-26-45/h2-32,34,38,54,56,59H,33,35-37H2,1H3,(H,64,66)(H,65,71)(H,73,74)/b68-53-/t54-,59-/m1/s1. The highest BCUT2D eigenvalue weighted by Crippen LogP contribution is 2.43. The third-order valence-corrected chi connectivity index (χ3v) is 16.2. The fourth-order valence-corrected chi connectivity index (χ4v) is 12.2. The highest BCUT2D eigenvalue weighted by molar-refractivity contribution is 8.00. The number of rotatable bonds is 22. The first kappa shape index (κ1) is 54.5. The smallest absolute Gasteiger partial charge is 0.352 e. The molecule has 20 heteroatoms. The Hall–Kier alpha value is -9.43. The molecule has 3 aromatic heterocycles. The summed E-state index contributed by atoms with van der Waals surface area (Å²) >= 11 is 8.60. The number of amides is 2. The first-order valence-electron chi connectivity index (χ1n) is 25.7. The Morgan fingerprint density at radius 1 is 0.841 bits per heavy atom. The number of carboxylic acids is 1. The minimum Gasteiger partial charge on any atom is -0.618 e. The van der Waals surface area contributed by atoms with E-state index in [2.05, 4.69) is 20.9 Å². The van der Waals surface area contributed by atoms with Crippen molar-refractivity contribution in [3.8, 4) is 28.6 Å². The van der Waals surface area contributed by atoms with Gasteiger partial charge in [-0.05, 0) is 51.1 Å². The molecule has 5 heterocycles. The van der Waals surface area contributed by atoms with Crippen LogP contribution in [0.4, 0.5) is 5.13 Å². The first-order chi connectivity index (χ1) is 40.1. The van der Waals surface area contributed by atoms with Crippen LogP contribution >= 0.6 is 34.7 Å². The Balaban J connectivity index is 0.905. The zero-order valence-electron chi connectivity index (χ0n) is 43.7. The summed E-state index contributed by atoms with van der Waals surface area (Å²) in [7, 11) is 1.59. The number of hydrogen-bond acceptors (Lipinski definition) is 15. The second-order valence-corrected chi connectivity index (χ2v) is 21.1. The Labute approximate surface area is 484 Å². The summed E-state index contributed by atoms with van der Waals surface area (Å²) in [6.07, 6.45) is 0.663. The Morgan fingerprint density at radius 2 is 1.44 bits per heavy atom. The average Bonchev–Trinajstić information content (AvgIpc) is 3.88. The number of nitrogens with one attached hydrogen (secondary N) is 2. The van der Waals surface area contributed by atoms with Gasteiger partial charge in [0.05, 0.1) is 13.2 Å². The maximum absolute atomic E-state index is 14.6. The summed E-state index contributed by atoms with van der Waals surface area (Å²) in [4.78, 5) is 52.6. The molecule has 2 aliphatic heterocycles. The molecule has 9 aromatic rings. The van der Waals surface area contributed by atoms with Gasteiger partial charge in [-0.3, -0.25) is 14.5 Å². The topological polar surface area (TPSA) is 214 Å². The number of aromatic nitrogens is 3. The van der Waals surface area contributed by atoms with Crippen molar-refractivity contribution in [3.05, 3.63) is 261 Å². The van der Waals surface area contributed by atoms with Gasteiger partial charge in [-0.15, -0.1) is 34.7 Å². The number of nitrogens with zero attached hydrogens (tertiary/aromatic N) is 5.